The molecule has 0 saturated carbocycles. The van der Waals surface area contributed by atoms with Gasteiger partial charge in [0, 0.05) is 12.8 Å². The van der Waals surface area contributed by atoms with Gasteiger partial charge in [-0.15, -0.1) is 0 Å². The van der Waals surface area contributed by atoms with Crippen molar-refractivity contribution in [2.24, 2.45) is 0 Å². The van der Waals surface area contributed by atoms with Crippen LogP contribution in [-0.4, -0.2) is 30.1 Å². The number of aliphatic hydroxyl groups is 1. The molecule has 1 saturated heterocycles. The maximum Gasteiger partial charge on any atom is 0.155 e. The van der Waals surface area contributed by atoms with Gasteiger partial charge < -0.3 is 9.84 Å². The topological polar surface area (TPSA) is 29.5 Å². The Morgan fingerprint density at radius 3 is 2.91 bits per heavy atom. The van der Waals surface area contributed by atoms with Crippen molar-refractivity contribution in [1.82, 2.24) is 0 Å². The van der Waals surface area contributed by atoms with Crippen molar-refractivity contribution in [3.8, 4) is 0 Å². The molecule has 1 fully saturated rings. The second-order valence-corrected chi connectivity index (χ2v) is 3.99. The summed E-state index contributed by atoms with van der Waals surface area (Å²) in [5.41, 5.74) is 0. The lowest BCUT2D eigenvalue weighted by Crippen LogP contribution is -2.13. The van der Waals surface area contributed by atoms with Gasteiger partial charge in [-0.1, -0.05) is 8.58 Å². The van der Waals surface area contributed by atoms with Crippen molar-refractivity contribution in [3.63, 3.8) is 0 Å². The van der Waals surface area contributed by atoms with Crippen LogP contribution in [0, 0.1) is 0 Å². The average molecular weight is 180 g/mol. The number of hydrogen-bond donors (Lipinski definition) is 1. The summed E-state index contributed by atoms with van der Waals surface area (Å²) < 4.78 is 17.8. The summed E-state index contributed by atoms with van der Waals surface area (Å²) in [7, 11) is 0.322. The molecule has 1 aliphatic rings. The van der Waals surface area contributed by atoms with Crippen LogP contribution in [0.2, 0.25) is 0 Å². The predicted octanol–water partition coefficient (Wildman–Crippen LogP) is 1.48. The summed E-state index contributed by atoms with van der Waals surface area (Å²) in [5, 5.41) is 8.94. The molecule has 0 spiro atoms. The summed E-state index contributed by atoms with van der Waals surface area (Å²) in [5.74, 6) is -0.745. The highest BCUT2D eigenvalue weighted by Gasteiger charge is 2.25. The third kappa shape index (κ3) is 3.02. The Morgan fingerprint density at radius 1 is 1.73 bits per heavy atom. The molecule has 0 bridgehead atoms. The standard InChI is InChI=1S/C7H14FO2P/c1-11-6(8)4-5-2-3-7(9)10-5/h5-7,9,11H,2-4H2,1H3/t5-,6?,7?/m0/s1. The minimum atomic E-state index is -0.745. The summed E-state index contributed by atoms with van der Waals surface area (Å²) in [6, 6.07) is 0. The summed E-state index contributed by atoms with van der Waals surface area (Å²) in [6.45, 7) is 1.84. The highest BCUT2D eigenvalue weighted by molar-refractivity contribution is 7.37. The van der Waals surface area contributed by atoms with Crippen molar-refractivity contribution in [2.45, 2.75) is 37.6 Å². The molecule has 3 unspecified atom stereocenters. The molecular weight excluding hydrogens is 166 g/mol. The van der Waals surface area contributed by atoms with Gasteiger partial charge in [0.15, 0.2) is 6.29 Å². The van der Waals surface area contributed by atoms with E-state index in [9.17, 15) is 4.39 Å². The van der Waals surface area contributed by atoms with Gasteiger partial charge in [-0.05, 0) is 13.1 Å². The second kappa shape index (κ2) is 4.34. The molecule has 0 aromatic carbocycles. The zero-order chi connectivity index (χ0) is 8.27. The Labute approximate surface area is 67.9 Å². The van der Waals surface area contributed by atoms with Gasteiger partial charge in [-0.2, -0.15) is 0 Å². The fourth-order valence-electron chi connectivity index (χ4n) is 1.21. The van der Waals surface area contributed by atoms with Gasteiger partial charge in [-0.25, -0.2) is 4.39 Å². The minimum Gasteiger partial charge on any atom is -0.368 e. The number of alkyl halides is 1. The quantitative estimate of drug-likeness (QED) is 0.666. The molecule has 0 aromatic rings. The van der Waals surface area contributed by atoms with Crippen LogP contribution in [0.3, 0.4) is 0 Å². The third-order valence-corrected chi connectivity index (χ3v) is 2.73. The molecule has 0 aromatic heterocycles. The predicted molar refractivity (Wildman–Crippen MR) is 43.9 cm³/mol. The van der Waals surface area contributed by atoms with Crippen molar-refractivity contribution in [1.29, 1.82) is 0 Å². The summed E-state index contributed by atoms with van der Waals surface area (Å²) in [6.07, 6.45) is 1.21. The fraction of sp³-hybridized carbons (Fsp3) is 1.00. The van der Waals surface area contributed by atoms with Crippen LogP contribution in [0.5, 0.6) is 0 Å². The van der Waals surface area contributed by atoms with Crippen LogP contribution in [0.15, 0.2) is 0 Å². The SMILES string of the molecule is CPC(F)C[C@@H]1CCC(O)O1. The molecule has 4 atom stereocenters. The van der Waals surface area contributed by atoms with Gasteiger partial charge in [0.2, 0.25) is 0 Å². The molecule has 1 aliphatic heterocycles. The number of halogens is 1. The van der Waals surface area contributed by atoms with Crippen LogP contribution in [-0.2, 0) is 4.74 Å². The largest absolute Gasteiger partial charge is 0.368 e. The lowest BCUT2D eigenvalue weighted by molar-refractivity contribution is -0.0933. The van der Waals surface area contributed by atoms with Gasteiger partial charge >= 0.3 is 0 Å². The van der Waals surface area contributed by atoms with Gasteiger partial charge in [-0.3, -0.25) is 0 Å². The normalized spacial score (nSPS) is 35.2. The van der Waals surface area contributed by atoms with Crippen LogP contribution >= 0.6 is 8.58 Å². The molecule has 0 amide bonds. The van der Waals surface area contributed by atoms with E-state index >= 15 is 0 Å². The van der Waals surface area contributed by atoms with Crippen LogP contribution in [0.4, 0.5) is 4.39 Å². The zero-order valence-electron chi connectivity index (χ0n) is 6.59. The maximum atomic E-state index is 12.8. The second-order valence-electron chi connectivity index (χ2n) is 2.78. The van der Waals surface area contributed by atoms with Gasteiger partial charge in [0.1, 0.15) is 5.91 Å². The van der Waals surface area contributed by atoms with Crippen LogP contribution < -0.4 is 0 Å². The van der Waals surface area contributed by atoms with E-state index in [4.69, 9.17) is 9.84 Å². The first-order valence-corrected chi connectivity index (χ1v) is 5.45. The van der Waals surface area contributed by atoms with E-state index in [1.54, 1.807) is 0 Å². The first kappa shape index (κ1) is 9.37. The van der Waals surface area contributed by atoms with E-state index in [1.807, 2.05) is 6.66 Å². The highest BCUT2D eigenvalue weighted by Crippen LogP contribution is 2.27. The average Bonchev–Trinajstić information content (AvgIpc) is 2.35. The maximum absolute atomic E-state index is 12.8. The molecule has 1 rings (SSSR count). The van der Waals surface area contributed by atoms with Gasteiger partial charge in [0.25, 0.3) is 0 Å². The van der Waals surface area contributed by atoms with E-state index < -0.39 is 12.2 Å². The molecule has 1 heterocycles. The van der Waals surface area contributed by atoms with Crippen LogP contribution in [0.25, 0.3) is 0 Å². The lowest BCUT2D eigenvalue weighted by Gasteiger charge is -2.11. The van der Waals surface area contributed by atoms with E-state index in [-0.39, 0.29) is 6.10 Å². The molecular formula is C7H14FO2P. The first-order chi connectivity index (χ1) is 5.22. The van der Waals surface area contributed by atoms with E-state index in [1.165, 1.54) is 0 Å². The molecule has 0 aliphatic carbocycles. The van der Waals surface area contributed by atoms with E-state index in [0.717, 1.165) is 6.42 Å². The monoisotopic (exact) mass is 180 g/mol. The summed E-state index contributed by atoms with van der Waals surface area (Å²) in [4.78, 5) is 0. The number of aliphatic hydroxyl groups excluding tert-OH is 1. The number of ether oxygens (including phenoxy) is 1. The fourth-order valence-corrected chi connectivity index (χ4v) is 1.71. The van der Waals surface area contributed by atoms with Crippen molar-refractivity contribution >= 4 is 8.58 Å². The number of hydrogen-bond acceptors (Lipinski definition) is 2. The first-order valence-electron chi connectivity index (χ1n) is 3.87. The third-order valence-electron chi connectivity index (χ3n) is 1.87. The highest BCUT2D eigenvalue weighted by atomic mass is 31.1. The molecule has 2 nitrogen and oxygen atoms in total. The Hall–Kier alpha value is 0.280. The Morgan fingerprint density at radius 2 is 2.45 bits per heavy atom. The smallest absolute Gasteiger partial charge is 0.155 e. The minimum absolute atomic E-state index is 0.0487. The van der Waals surface area contributed by atoms with E-state index in [2.05, 4.69) is 0 Å². The molecule has 4 heteroatoms. The Kier molecular flexibility index (Phi) is 3.70. The Bertz CT molecular complexity index is 123. The van der Waals surface area contributed by atoms with Crippen LogP contribution in [0.1, 0.15) is 19.3 Å². The lowest BCUT2D eigenvalue weighted by atomic mass is 10.2. The van der Waals surface area contributed by atoms with Crippen molar-refractivity contribution < 1.29 is 14.2 Å². The molecule has 11 heavy (non-hydrogen) atoms. The molecule has 1 N–H and O–H groups in total. The number of rotatable bonds is 3. The van der Waals surface area contributed by atoms with Gasteiger partial charge in [0.05, 0.1) is 6.10 Å². The van der Waals surface area contributed by atoms with E-state index in [0.29, 0.717) is 21.4 Å². The zero-order valence-corrected chi connectivity index (χ0v) is 7.59. The summed E-state index contributed by atoms with van der Waals surface area (Å²) >= 11 is 0. The van der Waals surface area contributed by atoms with Crippen molar-refractivity contribution in [2.75, 3.05) is 6.66 Å². The van der Waals surface area contributed by atoms with Crippen molar-refractivity contribution in [3.05, 3.63) is 0 Å². The Balaban J connectivity index is 2.17. The molecule has 66 valence electrons. The molecule has 0 radical (unpaired) electrons.